The molecule has 3 aromatic heterocycles. The van der Waals surface area contributed by atoms with Crippen LogP contribution in [0.4, 0.5) is 21.7 Å². The molecule has 0 bridgehead atoms. The topological polar surface area (TPSA) is 290 Å². The lowest BCUT2D eigenvalue weighted by atomic mass is 9.85. The Hall–Kier alpha value is -7.76. The molecule has 7 rings (SSSR count). The molecule has 23 heteroatoms. The minimum Gasteiger partial charge on any atom is -0.484 e. The number of likely N-dealkylation sites (tertiary alicyclic amines) is 1. The van der Waals surface area contributed by atoms with Crippen molar-refractivity contribution in [2.24, 2.45) is 11.1 Å². The van der Waals surface area contributed by atoms with Crippen molar-refractivity contribution in [3.8, 4) is 27.4 Å². The Balaban J connectivity index is 0.898. The number of aromatic nitrogens is 4. The number of carbonyl (C=O) groups is 5. The summed E-state index contributed by atoms with van der Waals surface area (Å²) in [5.74, 6) is -3.10. The van der Waals surface area contributed by atoms with E-state index in [9.17, 15) is 41.9 Å². The summed E-state index contributed by atoms with van der Waals surface area (Å²) in [7, 11) is -3.73. The number of unbranched alkanes of at least 4 members (excludes halogenated alkanes) is 1. The van der Waals surface area contributed by atoms with Crippen LogP contribution in [0.2, 0.25) is 0 Å². The number of rotatable bonds is 22. The zero-order valence-corrected chi connectivity index (χ0v) is 44.4. The number of H-pyrrole nitrogens is 1. The summed E-state index contributed by atoms with van der Waals surface area (Å²) in [6, 6.07) is 18.9. The van der Waals surface area contributed by atoms with Gasteiger partial charge in [0.15, 0.2) is 0 Å². The molecule has 402 valence electrons. The van der Waals surface area contributed by atoms with Crippen molar-refractivity contribution in [3.05, 3.63) is 124 Å². The number of halogens is 1. The molecular weight excluding hydrogens is 1020 g/mol. The lowest BCUT2D eigenvalue weighted by Crippen LogP contribution is -2.57. The number of primary amides is 1. The van der Waals surface area contributed by atoms with Crippen LogP contribution in [0.5, 0.6) is 5.75 Å². The van der Waals surface area contributed by atoms with Gasteiger partial charge in [0.2, 0.25) is 27.7 Å². The lowest BCUT2D eigenvalue weighted by molar-refractivity contribution is -0.144. The number of ether oxygens (including phenoxy) is 2. The summed E-state index contributed by atoms with van der Waals surface area (Å²) in [6.45, 7) is 10.7. The van der Waals surface area contributed by atoms with Gasteiger partial charge in [-0.1, -0.05) is 63.2 Å². The number of sulfonamides is 1. The zero-order valence-electron chi connectivity index (χ0n) is 42.8. The largest absolute Gasteiger partial charge is 0.484 e. The molecule has 4 amide bonds. The Morgan fingerprint density at radius 1 is 0.987 bits per heavy atom. The molecular formula is C53H61FN10O10S2. The van der Waals surface area contributed by atoms with Crippen LogP contribution in [0.1, 0.15) is 104 Å². The van der Waals surface area contributed by atoms with Gasteiger partial charge in [-0.25, -0.2) is 27.6 Å². The van der Waals surface area contributed by atoms with Crippen LogP contribution in [0, 0.1) is 18.2 Å². The third kappa shape index (κ3) is 14.1. The molecule has 0 saturated carbocycles. The monoisotopic (exact) mass is 1080 g/mol. The molecule has 3 aromatic carbocycles. The van der Waals surface area contributed by atoms with E-state index in [4.69, 9.17) is 15.2 Å². The van der Waals surface area contributed by atoms with Gasteiger partial charge in [0.05, 0.1) is 45.8 Å². The predicted molar refractivity (Wildman–Crippen MR) is 284 cm³/mol. The average molecular weight is 1080 g/mol. The minimum atomic E-state index is -3.73. The van der Waals surface area contributed by atoms with Gasteiger partial charge < -0.3 is 41.2 Å². The summed E-state index contributed by atoms with van der Waals surface area (Å²) >= 11 is 1.55. The third-order valence-corrected chi connectivity index (χ3v) is 14.8. The van der Waals surface area contributed by atoms with E-state index in [1.165, 1.54) is 60.5 Å². The number of aliphatic hydroxyl groups excluding tert-OH is 1. The number of aliphatic hydroxyl groups is 1. The first kappa shape index (κ1) is 56.0. The number of hydrogen-bond donors (Lipinski definition) is 7. The molecule has 20 nitrogen and oxygen atoms in total. The maximum absolute atomic E-state index is 14.1. The Bertz CT molecular complexity index is 3160. The van der Waals surface area contributed by atoms with E-state index in [1.807, 2.05) is 31.2 Å². The summed E-state index contributed by atoms with van der Waals surface area (Å²) < 4.78 is 52.9. The maximum Gasteiger partial charge on any atom is 0.339 e. The van der Waals surface area contributed by atoms with E-state index < -0.39 is 75.1 Å². The molecule has 6 aromatic rings. The fourth-order valence-electron chi connectivity index (χ4n) is 8.33. The van der Waals surface area contributed by atoms with Crippen molar-refractivity contribution >= 4 is 68.3 Å². The molecule has 1 aliphatic rings. The smallest absolute Gasteiger partial charge is 0.339 e. The minimum absolute atomic E-state index is 0.0195. The van der Waals surface area contributed by atoms with Crippen LogP contribution in [0.3, 0.4) is 0 Å². The van der Waals surface area contributed by atoms with E-state index >= 15 is 0 Å². The predicted octanol–water partition coefficient (Wildman–Crippen LogP) is 6.92. The van der Waals surface area contributed by atoms with Crippen LogP contribution in [-0.4, -0.2) is 105 Å². The number of hydrogen-bond acceptors (Lipinski definition) is 15. The molecule has 0 unspecified atom stereocenters. The first-order chi connectivity index (χ1) is 36.1. The molecule has 0 aliphatic carbocycles. The maximum atomic E-state index is 14.1. The average Bonchev–Trinajstić information content (AvgIpc) is 4.13. The Morgan fingerprint density at radius 3 is 2.36 bits per heavy atom. The normalized spacial score (nSPS) is 15.3. The molecule has 1 aliphatic heterocycles. The molecule has 1 fully saturated rings. The molecule has 8 N–H and O–H groups in total. The number of β-amino-alcohol motifs (C(OH)–C–C–N with tert-alkyl or cyclic N) is 1. The third-order valence-electron chi connectivity index (χ3n) is 12.6. The molecule has 4 heterocycles. The lowest BCUT2D eigenvalue weighted by Gasteiger charge is -2.35. The van der Waals surface area contributed by atoms with Gasteiger partial charge in [0.1, 0.15) is 52.6 Å². The van der Waals surface area contributed by atoms with Crippen LogP contribution >= 0.6 is 11.3 Å². The summed E-state index contributed by atoms with van der Waals surface area (Å²) in [6.07, 6.45) is 0.423. The number of carbonyl (C=O) groups excluding carboxylic acids is 5. The second-order valence-electron chi connectivity index (χ2n) is 19.3. The van der Waals surface area contributed by atoms with Crippen LogP contribution in [0.15, 0.2) is 90.6 Å². The second-order valence-corrected chi connectivity index (χ2v) is 22.2. The number of benzene rings is 3. The van der Waals surface area contributed by atoms with Crippen molar-refractivity contribution < 1.29 is 51.4 Å². The SMILES string of the molecule is CCS(=O)(=O)Nc1ccc(-c2n[nH]c(Nc3ccc(C(=O)OCCCCC(=O)N[C@H](C(=O)N4C[C@@H](O)C[C@H]4C(=O)NCc4ccc(-c5scnc5C)cc4)C(C)(C)C)cn3)c2C(N)=O)cc1O[C@@H](C)c1ccc(F)cc1. The Morgan fingerprint density at radius 2 is 1.71 bits per heavy atom. The first-order valence-corrected chi connectivity index (χ1v) is 27.0. The van der Waals surface area contributed by atoms with E-state index in [0.29, 0.717) is 24.0 Å². The van der Waals surface area contributed by atoms with Crippen molar-refractivity contribution in [1.82, 2.24) is 35.7 Å². The molecule has 1 saturated heterocycles. The standard InChI is InChI=1S/C53H61FN10O10S2/c1-7-76(71,72)63-39-21-17-35(24-41(39)74-31(3)33-15-19-37(54)20-16-33)45-44(48(55)67)49(62-61-45)59-42-22-18-36(27-56-42)52(70)73-23-9-8-10-43(66)60-47(53(4,5)6)51(69)64-28-38(65)25-40(64)50(68)57-26-32-11-13-34(14-12-32)46-30(2)58-29-75-46/h11-22,24,27,29,31,38,40,47,63,65H,7-10,23,25-26,28H2,1-6H3,(H2,55,67)(H,57,68)(H,60,66)(H2,56,59,61,62)/t31-,38-,40-,47+/m0/s1. The second kappa shape index (κ2) is 24.3. The van der Waals surface area contributed by atoms with Crippen LogP contribution in [0.25, 0.3) is 21.7 Å². The number of nitrogens with one attached hydrogen (secondary N) is 5. The van der Waals surface area contributed by atoms with Crippen molar-refractivity contribution in [3.63, 3.8) is 0 Å². The number of aryl methyl sites for hydroxylation is 1. The number of anilines is 3. The van der Waals surface area contributed by atoms with Crippen molar-refractivity contribution in [1.29, 1.82) is 0 Å². The van der Waals surface area contributed by atoms with Gasteiger partial charge in [-0.2, -0.15) is 5.10 Å². The molecule has 4 atom stereocenters. The number of aromatic amines is 1. The summed E-state index contributed by atoms with van der Waals surface area (Å²) in [5, 5.41) is 26.4. The van der Waals surface area contributed by atoms with E-state index in [1.54, 1.807) is 56.7 Å². The van der Waals surface area contributed by atoms with Gasteiger partial charge in [-0.15, -0.1) is 11.3 Å². The molecule has 76 heavy (non-hydrogen) atoms. The highest BCUT2D eigenvalue weighted by Crippen LogP contribution is 2.37. The highest BCUT2D eigenvalue weighted by Gasteiger charge is 2.44. The Labute approximate surface area is 443 Å². The van der Waals surface area contributed by atoms with Gasteiger partial charge in [-0.3, -0.25) is 29.0 Å². The van der Waals surface area contributed by atoms with Gasteiger partial charge in [0, 0.05) is 37.7 Å². The molecule has 0 spiro atoms. The van der Waals surface area contributed by atoms with Crippen molar-refractivity contribution in [2.75, 3.05) is 28.9 Å². The molecule has 0 radical (unpaired) electrons. The number of esters is 1. The highest BCUT2D eigenvalue weighted by atomic mass is 32.2. The van der Waals surface area contributed by atoms with Crippen LogP contribution in [-0.2, 0) is 35.7 Å². The van der Waals surface area contributed by atoms with E-state index in [0.717, 1.165) is 21.7 Å². The van der Waals surface area contributed by atoms with E-state index in [-0.39, 0.29) is 78.2 Å². The Kier molecular flexibility index (Phi) is 17.9. The van der Waals surface area contributed by atoms with E-state index in [2.05, 4.69) is 40.8 Å². The summed E-state index contributed by atoms with van der Waals surface area (Å²) in [5.41, 5.74) is 10.9. The quantitative estimate of drug-likeness (QED) is 0.0268. The van der Waals surface area contributed by atoms with Gasteiger partial charge >= 0.3 is 5.97 Å². The zero-order chi connectivity index (χ0) is 54.9. The fourth-order valence-corrected chi connectivity index (χ4v) is 9.79. The number of amides is 4. The summed E-state index contributed by atoms with van der Waals surface area (Å²) in [4.78, 5) is 77.6. The number of thiazole rings is 1. The fraction of sp³-hybridized carbons (Fsp3) is 0.358. The number of nitrogens with two attached hydrogens (primary N) is 1. The van der Waals surface area contributed by atoms with Gasteiger partial charge in [-0.05, 0) is 92.1 Å². The van der Waals surface area contributed by atoms with Gasteiger partial charge in [0.25, 0.3) is 5.91 Å². The van der Waals surface area contributed by atoms with Crippen LogP contribution < -0.4 is 31.1 Å². The van der Waals surface area contributed by atoms with Crippen molar-refractivity contribution in [2.45, 2.75) is 98.1 Å². The highest BCUT2D eigenvalue weighted by molar-refractivity contribution is 7.92. The number of nitrogens with zero attached hydrogens (tertiary/aromatic N) is 4. The number of pyridine rings is 1. The first-order valence-electron chi connectivity index (χ1n) is 24.5.